The van der Waals surface area contributed by atoms with E-state index in [9.17, 15) is 13.2 Å². The lowest BCUT2D eigenvalue weighted by molar-refractivity contribution is 0.0978. The number of methoxy groups -OCH3 is 1. The van der Waals surface area contributed by atoms with E-state index in [2.05, 4.69) is 6.58 Å². The van der Waals surface area contributed by atoms with Gasteiger partial charge in [-0.3, -0.25) is 4.79 Å². The molecule has 6 heteroatoms. The lowest BCUT2D eigenvalue weighted by Crippen LogP contribution is -2.17. The summed E-state index contributed by atoms with van der Waals surface area (Å²) in [7, 11) is -2.42. The van der Waals surface area contributed by atoms with Crippen LogP contribution < -0.4 is 4.74 Å². The van der Waals surface area contributed by atoms with Crippen LogP contribution in [0, 0.1) is 0 Å². The van der Waals surface area contributed by atoms with Crippen molar-refractivity contribution in [1.82, 2.24) is 3.97 Å². The third-order valence-electron chi connectivity index (χ3n) is 3.16. The quantitative estimate of drug-likeness (QED) is 0.581. The van der Waals surface area contributed by atoms with Crippen LogP contribution in [0.1, 0.15) is 23.3 Å². The van der Waals surface area contributed by atoms with E-state index >= 15 is 0 Å². The van der Waals surface area contributed by atoms with Crippen LogP contribution in [0.4, 0.5) is 0 Å². The number of carbonyl (C=O) groups excluding carboxylic acids is 1. The molecule has 0 bridgehead atoms. The van der Waals surface area contributed by atoms with E-state index in [1.54, 1.807) is 24.3 Å². The highest BCUT2D eigenvalue weighted by Gasteiger charge is 2.24. The third-order valence-corrected chi connectivity index (χ3v) is 4.85. The molecule has 0 spiro atoms. The monoisotopic (exact) mass is 319 g/mol. The highest BCUT2D eigenvalue weighted by atomic mass is 32.2. The lowest BCUT2D eigenvalue weighted by Gasteiger charge is -2.09. The third kappa shape index (κ3) is 3.12. The fourth-order valence-electron chi connectivity index (χ4n) is 2.00. The summed E-state index contributed by atoms with van der Waals surface area (Å²) >= 11 is 0. The highest BCUT2D eigenvalue weighted by Crippen LogP contribution is 2.24. The van der Waals surface area contributed by atoms with Crippen LogP contribution in [0.3, 0.4) is 0 Å². The number of ketones is 1. The first-order valence-electron chi connectivity index (χ1n) is 6.72. The summed E-state index contributed by atoms with van der Waals surface area (Å²) in [5.41, 5.74) is 0.0857. The zero-order chi connectivity index (χ0) is 16.2. The smallest absolute Gasteiger partial charge is 0.268 e. The maximum atomic E-state index is 12.7. The fraction of sp³-hybridized carbons (Fsp3) is 0.188. The molecule has 0 fully saturated rings. The van der Waals surface area contributed by atoms with E-state index in [-0.39, 0.29) is 22.8 Å². The molecule has 0 aliphatic rings. The maximum Gasteiger partial charge on any atom is 0.268 e. The van der Waals surface area contributed by atoms with Crippen LogP contribution in [0.2, 0.25) is 0 Å². The molecule has 1 aromatic carbocycles. The Kier molecular flexibility index (Phi) is 4.82. The molecule has 116 valence electrons. The number of rotatable bonds is 7. The van der Waals surface area contributed by atoms with Crippen LogP contribution in [0.15, 0.2) is 60.1 Å². The number of hydrogen-bond acceptors (Lipinski definition) is 4. The van der Waals surface area contributed by atoms with E-state index in [1.165, 1.54) is 31.5 Å². The van der Waals surface area contributed by atoms with Gasteiger partial charge in [0.25, 0.3) is 10.0 Å². The van der Waals surface area contributed by atoms with Crippen molar-refractivity contribution < 1.29 is 17.9 Å². The van der Waals surface area contributed by atoms with Crippen molar-refractivity contribution in [2.24, 2.45) is 0 Å². The van der Waals surface area contributed by atoms with Gasteiger partial charge in [-0.1, -0.05) is 24.3 Å². The molecular formula is C16H17NO4S. The fourth-order valence-corrected chi connectivity index (χ4v) is 3.39. The minimum Gasteiger partial charge on any atom is -0.495 e. The molecule has 0 unspecified atom stereocenters. The Labute approximate surface area is 129 Å². The minimum atomic E-state index is -3.84. The van der Waals surface area contributed by atoms with Gasteiger partial charge in [-0.15, -0.1) is 6.58 Å². The molecule has 0 saturated carbocycles. The second-order valence-electron chi connectivity index (χ2n) is 4.63. The van der Waals surface area contributed by atoms with E-state index in [4.69, 9.17) is 4.74 Å². The summed E-state index contributed by atoms with van der Waals surface area (Å²) in [6.07, 6.45) is 3.61. The van der Waals surface area contributed by atoms with Crippen molar-refractivity contribution in [1.29, 1.82) is 0 Å². The number of hydrogen-bond donors (Lipinski definition) is 0. The summed E-state index contributed by atoms with van der Waals surface area (Å²) in [4.78, 5) is 12.4. The maximum absolute atomic E-state index is 12.7. The van der Waals surface area contributed by atoms with Gasteiger partial charge in [0.15, 0.2) is 5.78 Å². The van der Waals surface area contributed by atoms with E-state index in [1.807, 2.05) is 0 Å². The Morgan fingerprint density at radius 1 is 1.32 bits per heavy atom. The van der Waals surface area contributed by atoms with Crippen molar-refractivity contribution in [2.75, 3.05) is 7.11 Å². The van der Waals surface area contributed by atoms with Gasteiger partial charge < -0.3 is 4.74 Å². The Morgan fingerprint density at radius 2 is 2.00 bits per heavy atom. The van der Waals surface area contributed by atoms with Gasteiger partial charge in [0.2, 0.25) is 0 Å². The molecule has 0 aliphatic heterocycles. The van der Waals surface area contributed by atoms with Crippen LogP contribution in [-0.4, -0.2) is 25.3 Å². The number of Topliss-reactive ketones (excluding diaryl/α,β-unsaturated/α-hetero) is 1. The Balaban J connectivity index is 2.52. The van der Waals surface area contributed by atoms with Crippen molar-refractivity contribution >= 4 is 15.8 Å². The van der Waals surface area contributed by atoms with Crippen molar-refractivity contribution in [3.63, 3.8) is 0 Å². The topological polar surface area (TPSA) is 65.4 Å². The van der Waals surface area contributed by atoms with Gasteiger partial charge in [0.1, 0.15) is 11.4 Å². The first-order valence-corrected chi connectivity index (χ1v) is 8.16. The number of benzene rings is 1. The van der Waals surface area contributed by atoms with E-state index in [0.717, 1.165) is 3.97 Å². The van der Waals surface area contributed by atoms with Gasteiger partial charge in [0, 0.05) is 12.5 Å². The molecule has 22 heavy (non-hydrogen) atoms. The summed E-state index contributed by atoms with van der Waals surface area (Å²) in [6, 6.07) is 9.40. The first-order chi connectivity index (χ1) is 10.5. The Morgan fingerprint density at radius 3 is 2.59 bits per heavy atom. The van der Waals surface area contributed by atoms with Crippen LogP contribution in [0.5, 0.6) is 5.75 Å². The molecule has 0 amide bonds. The number of aromatic nitrogens is 1. The number of allylic oxidation sites excluding steroid dienone is 1. The molecule has 5 nitrogen and oxygen atoms in total. The number of carbonyl (C=O) groups is 1. The van der Waals surface area contributed by atoms with E-state index < -0.39 is 10.0 Å². The summed E-state index contributed by atoms with van der Waals surface area (Å²) in [5, 5.41) is 0. The van der Waals surface area contributed by atoms with Gasteiger partial charge in [0.05, 0.1) is 18.2 Å². The zero-order valence-electron chi connectivity index (χ0n) is 12.2. The molecule has 0 saturated heterocycles. The average Bonchev–Trinajstić information content (AvgIpc) is 2.98. The van der Waals surface area contributed by atoms with Crippen molar-refractivity contribution in [3.8, 4) is 5.75 Å². The molecule has 1 heterocycles. The molecule has 0 radical (unpaired) electrons. The standard InChI is InChI=1S/C16H17NO4S/c1-3-4-10-16(18)15-11-13(21-2)12-17(15)22(19,20)14-8-6-5-7-9-14/h3,5-9,11-12H,1,4,10H2,2H3. The van der Waals surface area contributed by atoms with Crippen molar-refractivity contribution in [2.45, 2.75) is 17.7 Å². The van der Waals surface area contributed by atoms with Gasteiger partial charge >= 0.3 is 0 Å². The summed E-state index contributed by atoms with van der Waals surface area (Å²) in [6.45, 7) is 3.56. The summed E-state index contributed by atoms with van der Waals surface area (Å²) < 4.78 is 31.4. The largest absolute Gasteiger partial charge is 0.495 e. The first kappa shape index (κ1) is 16.0. The van der Waals surface area contributed by atoms with Crippen LogP contribution in [-0.2, 0) is 10.0 Å². The number of ether oxygens (including phenoxy) is 1. The van der Waals surface area contributed by atoms with E-state index in [0.29, 0.717) is 12.2 Å². The predicted octanol–water partition coefficient (Wildman–Crippen LogP) is 2.88. The van der Waals surface area contributed by atoms with Crippen LogP contribution in [0.25, 0.3) is 0 Å². The second-order valence-corrected chi connectivity index (χ2v) is 6.44. The number of nitrogens with zero attached hydrogens (tertiary/aromatic N) is 1. The normalized spacial score (nSPS) is 11.1. The Hall–Kier alpha value is -2.34. The highest BCUT2D eigenvalue weighted by molar-refractivity contribution is 7.90. The SMILES string of the molecule is C=CCCC(=O)c1cc(OC)cn1S(=O)(=O)c1ccccc1. The van der Waals surface area contributed by atoms with Gasteiger partial charge in [-0.05, 0) is 18.6 Å². The van der Waals surface area contributed by atoms with Crippen molar-refractivity contribution in [3.05, 3.63) is 60.9 Å². The minimum absolute atomic E-state index is 0.0857. The van der Waals surface area contributed by atoms with Crippen LogP contribution >= 0.6 is 0 Å². The predicted molar refractivity (Wildman–Crippen MR) is 83.8 cm³/mol. The molecular weight excluding hydrogens is 302 g/mol. The van der Waals surface area contributed by atoms with Gasteiger partial charge in [-0.2, -0.15) is 0 Å². The molecule has 2 rings (SSSR count). The molecule has 0 atom stereocenters. The molecule has 2 aromatic rings. The summed E-state index contributed by atoms with van der Waals surface area (Å²) in [5.74, 6) is 0.0455. The lowest BCUT2D eigenvalue weighted by atomic mass is 10.2. The molecule has 0 N–H and O–H groups in total. The van der Waals surface area contributed by atoms with Gasteiger partial charge in [-0.25, -0.2) is 12.4 Å². The Bertz CT molecular complexity index is 776. The average molecular weight is 319 g/mol. The molecule has 1 aromatic heterocycles. The molecule has 0 aliphatic carbocycles. The zero-order valence-corrected chi connectivity index (χ0v) is 13.0. The second kappa shape index (κ2) is 6.62.